The van der Waals surface area contributed by atoms with Crippen LogP contribution in [0.5, 0.6) is 0 Å². The van der Waals surface area contributed by atoms with Crippen LogP contribution in [0.25, 0.3) is 11.0 Å². The number of fused-ring (bicyclic) bond motifs is 1. The van der Waals surface area contributed by atoms with Gasteiger partial charge in [0.2, 0.25) is 0 Å². The van der Waals surface area contributed by atoms with Crippen molar-refractivity contribution in [3.8, 4) is 0 Å². The molecule has 1 aromatic heterocycles. The van der Waals surface area contributed by atoms with Crippen molar-refractivity contribution in [3.05, 3.63) is 35.8 Å². The Morgan fingerprint density at radius 3 is 2.78 bits per heavy atom. The number of benzene rings is 1. The lowest BCUT2D eigenvalue weighted by Gasteiger charge is -2.32. The van der Waals surface area contributed by atoms with Gasteiger partial charge in [0.25, 0.3) is 0 Å². The van der Waals surface area contributed by atoms with Crippen LogP contribution in [0.1, 0.15) is 5.56 Å². The van der Waals surface area contributed by atoms with Crippen molar-refractivity contribution in [3.63, 3.8) is 0 Å². The second-order valence-electron chi connectivity index (χ2n) is 4.96. The van der Waals surface area contributed by atoms with Crippen LogP contribution in [0, 0.1) is 5.82 Å². The number of furan rings is 1. The summed E-state index contributed by atoms with van der Waals surface area (Å²) in [4.78, 5) is 4.71. The summed E-state index contributed by atoms with van der Waals surface area (Å²) < 4.78 is 18.8. The molecule has 0 radical (unpaired) electrons. The Balaban J connectivity index is 1.81. The molecule has 0 N–H and O–H groups in total. The molecule has 1 aliphatic heterocycles. The highest BCUT2D eigenvalue weighted by molar-refractivity contribution is 5.81. The predicted octanol–water partition coefficient (Wildman–Crippen LogP) is 2.32. The van der Waals surface area contributed by atoms with E-state index in [-0.39, 0.29) is 5.82 Å². The van der Waals surface area contributed by atoms with Crippen LogP contribution in [0.2, 0.25) is 0 Å². The van der Waals surface area contributed by atoms with Crippen LogP contribution in [0.4, 0.5) is 4.39 Å². The number of halogens is 1. The maximum absolute atomic E-state index is 13.5. The summed E-state index contributed by atoms with van der Waals surface area (Å²) in [6.45, 7) is 5.12. The lowest BCUT2D eigenvalue weighted by Crippen LogP contribution is -2.43. The second-order valence-corrected chi connectivity index (χ2v) is 4.96. The fourth-order valence-electron chi connectivity index (χ4n) is 2.44. The summed E-state index contributed by atoms with van der Waals surface area (Å²) >= 11 is 0. The lowest BCUT2D eigenvalue weighted by molar-refractivity contribution is 0.148. The number of para-hydroxylation sites is 1. The van der Waals surface area contributed by atoms with Gasteiger partial charge in [0.15, 0.2) is 11.4 Å². The van der Waals surface area contributed by atoms with Gasteiger partial charge in [0.1, 0.15) is 0 Å². The Morgan fingerprint density at radius 1 is 1.22 bits per heavy atom. The molecule has 1 saturated heterocycles. The molecule has 0 atom stereocenters. The van der Waals surface area contributed by atoms with Crippen LogP contribution in [0.15, 0.2) is 28.9 Å². The van der Waals surface area contributed by atoms with Crippen molar-refractivity contribution in [2.24, 2.45) is 0 Å². The molecule has 0 bridgehead atoms. The molecule has 1 aliphatic rings. The molecule has 1 fully saturated rings. The maximum Gasteiger partial charge on any atom is 0.169 e. The van der Waals surface area contributed by atoms with Crippen molar-refractivity contribution >= 4 is 11.0 Å². The number of piperazine rings is 1. The van der Waals surface area contributed by atoms with E-state index in [9.17, 15) is 4.39 Å². The van der Waals surface area contributed by atoms with Gasteiger partial charge in [-0.15, -0.1) is 0 Å². The Kier molecular flexibility index (Phi) is 3.06. The van der Waals surface area contributed by atoms with Crippen LogP contribution in [0.3, 0.4) is 0 Å². The van der Waals surface area contributed by atoms with Gasteiger partial charge in [-0.05, 0) is 13.1 Å². The summed E-state index contributed by atoms with van der Waals surface area (Å²) in [6.07, 6.45) is 1.69. The third kappa shape index (κ3) is 2.13. The molecule has 96 valence electrons. The average molecular weight is 248 g/mol. The van der Waals surface area contributed by atoms with E-state index < -0.39 is 0 Å². The van der Waals surface area contributed by atoms with E-state index in [1.165, 1.54) is 6.07 Å². The van der Waals surface area contributed by atoms with Gasteiger partial charge in [-0.25, -0.2) is 4.39 Å². The standard InChI is InChI=1S/C14H17FN2O/c1-16-5-7-17(8-6-16)9-11-10-18-14-12(11)3-2-4-13(14)15/h2-4,10H,5-9H2,1H3. The molecule has 3 rings (SSSR count). The largest absolute Gasteiger partial charge is 0.461 e. The molecule has 0 unspecified atom stereocenters. The fourth-order valence-corrected chi connectivity index (χ4v) is 2.44. The van der Waals surface area contributed by atoms with E-state index >= 15 is 0 Å². The van der Waals surface area contributed by atoms with Gasteiger partial charge in [-0.1, -0.05) is 12.1 Å². The highest BCUT2D eigenvalue weighted by Gasteiger charge is 2.16. The van der Waals surface area contributed by atoms with E-state index in [0.717, 1.165) is 43.7 Å². The summed E-state index contributed by atoms with van der Waals surface area (Å²) in [5, 5.41) is 0.897. The molecular formula is C14H17FN2O. The monoisotopic (exact) mass is 248 g/mol. The summed E-state index contributed by atoms with van der Waals surface area (Å²) in [7, 11) is 2.14. The molecule has 0 spiro atoms. The van der Waals surface area contributed by atoms with Gasteiger partial charge in [-0.2, -0.15) is 0 Å². The Labute approximate surface area is 106 Å². The lowest BCUT2D eigenvalue weighted by atomic mass is 10.1. The average Bonchev–Trinajstić information content (AvgIpc) is 2.77. The summed E-state index contributed by atoms with van der Waals surface area (Å²) in [5.41, 5.74) is 1.45. The van der Waals surface area contributed by atoms with Gasteiger partial charge in [-0.3, -0.25) is 4.90 Å². The minimum Gasteiger partial charge on any atom is -0.461 e. The second kappa shape index (κ2) is 4.71. The zero-order valence-electron chi connectivity index (χ0n) is 10.5. The first-order valence-corrected chi connectivity index (χ1v) is 6.29. The zero-order valence-corrected chi connectivity index (χ0v) is 10.5. The van der Waals surface area contributed by atoms with Crippen LogP contribution < -0.4 is 0 Å². The molecule has 3 nitrogen and oxygen atoms in total. The first-order valence-electron chi connectivity index (χ1n) is 6.29. The number of hydrogen-bond donors (Lipinski definition) is 0. The van der Waals surface area contributed by atoms with Crippen molar-refractivity contribution in [2.75, 3.05) is 33.2 Å². The van der Waals surface area contributed by atoms with E-state index in [2.05, 4.69) is 16.8 Å². The van der Waals surface area contributed by atoms with Crippen molar-refractivity contribution < 1.29 is 8.81 Å². The third-order valence-electron chi connectivity index (χ3n) is 3.62. The number of likely N-dealkylation sites (N-methyl/N-ethyl adjacent to an activating group) is 1. The molecule has 0 saturated carbocycles. The van der Waals surface area contributed by atoms with Crippen LogP contribution in [-0.4, -0.2) is 43.0 Å². The minimum atomic E-state index is -0.280. The van der Waals surface area contributed by atoms with E-state index in [4.69, 9.17) is 4.42 Å². The SMILES string of the molecule is CN1CCN(Cc2coc3c(F)cccc23)CC1. The molecule has 18 heavy (non-hydrogen) atoms. The smallest absolute Gasteiger partial charge is 0.169 e. The van der Waals surface area contributed by atoms with Gasteiger partial charge < -0.3 is 9.32 Å². The van der Waals surface area contributed by atoms with Crippen LogP contribution in [-0.2, 0) is 6.54 Å². The summed E-state index contributed by atoms with van der Waals surface area (Å²) in [5.74, 6) is -0.280. The van der Waals surface area contributed by atoms with Crippen molar-refractivity contribution in [1.29, 1.82) is 0 Å². The van der Waals surface area contributed by atoms with E-state index in [1.54, 1.807) is 12.3 Å². The molecular weight excluding hydrogens is 231 g/mol. The van der Waals surface area contributed by atoms with E-state index in [1.807, 2.05) is 6.07 Å². The van der Waals surface area contributed by atoms with Gasteiger partial charge >= 0.3 is 0 Å². The molecule has 0 amide bonds. The minimum absolute atomic E-state index is 0.280. The predicted molar refractivity (Wildman–Crippen MR) is 68.9 cm³/mol. The van der Waals surface area contributed by atoms with E-state index in [0.29, 0.717) is 5.58 Å². The normalized spacial score (nSPS) is 18.6. The van der Waals surface area contributed by atoms with Gasteiger partial charge in [0, 0.05) is 43.7 Å². The molecule has 4 heteroatoms. The Bertz CT molecular complexity index is 544. The maximum atomic E-state index is 13.5. The topological polar surface area (TPSA) is 19.6 Å². The van der Waals surface area contributed by atoms with Gasteiger partial charge in [0.05, 0.1) is 6.26 Å². The van der Waals surface area contributed by atoms with Crippen LogP contribution >= 0.6 is 0 Å². The first-order chi connectivity index (χ1) is 8.74. The number of nitrogens with zero attached hydrogens (tertiary/aromatic N) is 2. The van der Waals surface area contributed by atoms with Crippen molar-refractivity contribution in [2.45, 2.75) is 6.54 Å². The molecule has 1 aromatic carbocycles. The molecule has 2 aromatic rings. The highest BCUT2D eigenvalue weighted by Crippen LogP contribution is 2.24. The fraction of sp³-hybridized carbons (Fsp3) is 0.429. The molecule has 0 aliphatic carbocycles. The quantitative estimate of drug-likeness (QED) is 0.813. The molecule has 2 heterocycles. The number of hydrogen-bond acceptors (Lipinski definition) is 3. The Hall–Kier alpha value is -1.39. The third-order valence-corrected chi connectivity index (χ3v) is 3.62. The number of rotatable bonds is 2. The summed E-state index contributed by atoms with van der Waals surface area (Å²) in [6, 6.07) is 5.10. The zero-order chi connectivity index (χ0) is 12.5. The Morgan fingerprint density at radius 2 is 2.00 bits per heavy atom. The first kappa shape index (κ1) is 11.7. The van der Waals surface area contributed by atoms with Crippen molar-refractivity contribution in [1.82, 2.24) is 9.80 Å². The highest BCUT2D eigenvalue weighted by atomic mass is 19.1.